The Morgan fingerprint density at radius 2 is 2.05 bits per heavy atom. The van der Waals surface area contributed by atoms with E-state index in [2.05, 4.69) is 10.2 Å². The van der Waals surface area contributed by atoms with E-state index in [0.717, 1.165) is 16.9 Å². The predicted molar refractivity (Wildman–Crippen MR) is 72.7 cm³/mol. The fourth-order valence-corrected chi connectivity index (χ4v) is 2.64. The number of aromatic carboxylic acids is 1. The molecule has 0 amide bonds. The third kappa shape index (κ3) is 1.90. The van der Waals surface area contributed by atoms with Gasteiger partial charge in [0, 0.05) is 11.8 Å². The van der Waals surface area contributed by atoms with Crippen LogP contribution >= 0.6 is 11.3 Å². The van der Waals surface area contributed by atoms with Crippen molar-refractivity contribution in [2.24, 2.45) is 0 Å². The highest BCUT2D eigenvalue weighted by molar-refractivity contribution is 7.18. The zero-order valence-electron chi connectivity index (χ0n) is 10.4. The lowest BCUT2D eigenvalue weighted by atomic mass is 10.1. The first kappa shape index (κ1) is 11.9. The molecule has 1 aromatic carbocycles. The van der Waals surface area contributed by atoms with Gasteiger partial charge >= 0.3 is 5.97 Å². The molecule has 0 aliphatic carbocycles. The third-order valence-corrected chi connectivity index (χ3v) is 4.05. The van der Waals surface area contributed by atoms with Gasteiger partial charge in [-0.25, -0.2) is 4.79 Å². The molecular formula is C13H11N3O2S. The van der Waals surface area contributed by atoms with Gasteiger partial charge in [-0.05, 0) is 31.0 Å². The van der Waals surface area contributed by atoms with Crippen LogP contribution in [0.3, 0.4) is 0 Å². The van der Waals surface area contributed by atoms with Gasteiger partial charge in [-0.2, -0.15) is 0 Å². The summed E-state index contributed by atoms with van der Waals surface area (Å²) in [4.78, 5) is 11.8. The lowest BCUT2D eigenvalue weighted by Gasteiger charge is -2.02. The summed E-state index contributed by atoms with van der Waals surface area (Å²) >= 11 is 1.12. The average molecular weight is 273 g/mol. The van der Waals surface area contributed by atoms with Gasteiger partial charge < -0.3 is 5.11 Å². The van der Waals surface area contributed by atoms with Crippen molar-refractivity contribution in [1.82, 2.24) is 14.6 Å². The number of carbonyl (C=O) groups is 1. The van der Waals surface area contributed by atoms with E-state index in [1.165, 1.54) is 11.1 Å². The highest BCUT2D eigenvalue weighted by Crippen LogP contribution is 2.25. The van der Waals surface area contributed by atoms with Gasteiger partial charge in [0.2, 0.25) is 4.96 Å². The standard InChI is InChI=1S/C13H11N3O2S/c1-7-3-4-9(5-8(7)2)11-14-15-13-16(11)6-10(19-13)12(17)18/h3-6H,1-2H3,(H,17,18). The maximum atomic E-state index is 11.0. The normalized spacial score (nSPS) is 11.1. The molecule has 0 unspecified atom stereocenters. The average Bonchev–Trinajstić information content (AvgIpc) is 2.92. The molecule has 5 nitrogen and oxygen atoms in total. The van der Waals surface area contributed by atoms with Crippen molar-refractivity contribution in [3.8, 4) is 11.4 Å². The summed E-state index contributed by atoms with van der Waals surface area (Å²) in [5.74, 6) is -0.275. The van der Waals surface area contributed by atoms with Crippen molar-refractivity contribution in [3.05, 3.63) is 40.4 Å². The van der Waals surface area contributed by atoms with E-state index < -0.39 is 5.97 Å². The van der Waals surface area contributed by atoms with Crippen LogP contribution < -0.4 is 0 Å². The van der Waals surface area contributed by atoms with Crippen LogP contribution in [0.1, 0.15) is 20.8 Å². The number of thiazole rings is 1. The molecule has 0 bridgehead atoms. The van der Waals surface area contributed by atoms with E-state index in [1.807, 2.05) is 32.0 Å². The summed E-state index contributed by atoms with van der Waals surface area (Å²) in [6.07, 6.45) is 1.56. The monoisotopic (exact) mass is 273 g/mol. The summed E-state index contributed by atoms with van der Waals surface area (Å²) in [5, 5.41) is 17.1. The third-order valence-electron chi connectivity index (χ3n) is 3.09. The topological polar surface area (TPSA) is 67.5 Å². The number of aromatic nitrogens is 3. The lowest BCUT2D eigenvalue weighted by molar-refractivity contribution is 0.0702. The molecule has 0 aliphatic rings. The molecule has 3 rings (SSSR count). The summed E-state index contributed by atoms with van der Waals surface area (Å²) < 4.78 is 1.72. The minimum Gasteiger partial charge on any atom is -0.477 e. The van der Waals surface area contributed by atoms with Crippen LogP contribution in [0.25, 0.3) is 16.3 Å². The lowest BCUT2D eigenvalue weighted by Crippen LogP contribution is -1.93. The minimum atomic E-state index is -0.943. The second-order valence-corrected chi connectivity index (χ2v) is 5.38. The van der Waals surface area contributed by atoms with Gasteiger partial charge in [-0.15, -0.1) is 10.2 Å². The molecule has 0 atom stereocenters. The molecule has 96 valence electrons. The zero-order chi connectivity index (χ0) is 13.6. The van der Waals surface area contributed by atoms with Crippen LogP contribution in [-0.4, -0.2) is 25.7 Å². The Morgan fingerprint density at radius 1 is 1.26 bits per heavy atom. The number of nitrogens with zero attached hydrogens (tertiary/aromatic N) is 3. The van der Waals surface area contributed by atoms with E-state index in [1.54, 1.807) is 10.6 Å². The summed E-state index contributed by atoms with van der Waals surface area (Å²) in [6.45, 7) is 4.08. The number of aryl methyl sites for hydroxylation is 2. The number of carboxylic acid groups (broad SMARTS) is 1. The first-order valence-electron chi connectivity index (χ1n) is 5.72. The van der Waals surface area contributed by atoms with Crippen molar-refractivity contribution in [2.75, 3.05) is 0 Å². The number of benzene rings is 1. The Hall–Kier alpha value is -2.21. The number of hydrogen-bond acceptors (Lipinski definition) is 4. The van der Waals surface area contributed by atoms with E-state index in [9.17, 15) is 4.79 Å². The van der Waals surface area contributed by atoms with Crippen LogP contribution in [0.15, 0.2) is 24.4 Å². The molecular weight excluding hydrogens is 262 g/mol. The fourth-order valence-electron chi connectivity index (χ4n) is 1.88. The van der Waals surface area contributed by atoms with E-state index in [4.69, 9.17) is 5.11 Å². The SMILES string of the molecule is Cc1ccc(-c2nnc3sc(C(=O)O)cn23)cc1C. The van der Waals surface area contributed by atoms with Crippen molar-refractivity contribution in [1.29, 1.82) is 0 Å². The largest absolute Gasteiger partial charge is 0.477 e. The van der Waals surface area contributed by atoms with E-state index in [0.29, 0.717) is 10.8 Å². The number of rotatable bonds is 2. The molecule has 1 N–H and O–H groups in total. The van der Waals surface area contributed by atoms with Crippen molar-refractivity contribution >= 4 is 22.3 Å². The molecule has 19 heavy (non-hydrogen) atoms. The smallest absolute Gasteiger partial charge is 0.347 e. The summed E-state index contributed by atoms with van der Waals surface area (Å²) in [5.41, 5.74) is 3.31. The molecule has 0 spiro atoms. The maximum Gasteiger partial charge on any atom is 0.347 e. The molecule has 0 saturated carbocycles. The van der Waals surface area contributed by atoms with Crippen molar-refractivity contribution in [2.45, 2.75) is 13.8 Å². The van der Waals surface area contributed by atoms with Gasteiger partial charge in [-0.1, -0.05) is 23.5 Å². The molecule has 3 aromatic rings. The minimum absolute atomic E-state index is 0.259. The Labute approximate surface area is 113 Å². The van der Waals surface area contributed by atoms with E-state index >= 15 is 0 Å². The zero-order valence-corrected chi connectivity index (χ0v) is 11.2. The number of fused-ring (bicyclic) bond motifs is 1. The van der Waals surface area contributed by atoms with Gasteiger partial charge in [0.15, 0.2) is 5.82 Å². The van der Waals surface area contributed by atoms with Crippen LogP contribution in [-0.2, 0) is 0 Å². The van der Waals surface area contributed by atoms with Gasteiger partial charge in [0.25, 0.3) is 0 Å². The number of hydrogen-bond donors (Lipinski definition) is 1. The van der Waals surface area contributed by atoms with Crippen LogP contribution in [0.5, 0.6) is 0 Å². The molecule has 0 radical (unpaired) electrons. The van der Waals surface area contributed by atoms with Crippen molar-refractivity contribution in [3.63, 3.8) is 0 Å². The van der Waals surface area contributed by atoms with Gasteiger partial charge in [0.1, 0.15) is 4.88 Å². The second-order valence-electron chi connectivity index (χ2n) is 4.38. The highest BCUT2D eigenvalue weighted by atomic mass is 32.1. The Kier molecular flexibility index (Phi) is 2.60. The number of carboxylic acids is 1. The second kappa shape index (κ2) is 4.17. The maximum absolute atomic E-state index is 11.0. The predicted octanol–water partition coefficient (Wildman–Crippen LogP) is 2.77. The van der Waals surface area contributed by atoms with Crippen LogP contribution in [0.4, 0.5) is 0 Å². The van der Waals surface area contributed by atoms with Crippen LogP contribution in [0.2, 0.25) is 0 Å². The Morgan fingerprint density at radius 3 is 2.74 bits per heavy atom. The van der Waals surface area contributed by atoms with Gasteiger partial charge in [-0.3, -0.25) is 4.40 Å². The molecule has 2 heterocycles. The summed E-state index contributed by atoms with van der Waals surface area (Å²) in [6, 6.07) is 6.02. The fraction of sp³-hybridized carbons (Fsp3) is 0.154. The van der Waals surface area contributed by atoms with Crippen LogP contribution in [0, 0.1) is 13.8 Å². The summed E-state index contributed by atoms with van der Waals surface area (Å²) in [7, 11) is 0. The molecule has 0 fully saturated rings. The first-order chi connectivity index (χ1) is 9.06. The molecule has 0 saturated heterocycles. The molecule has 2 aromatic heterocycles. The van der Waals surface area contributed by atoms with Crippen molar-refractivity contribution < 1.29 is 9.90 Å². The Bertz CT molecular complexity index is 788. The first-order valence-corrected chi connectivity index (χ1v) is 6.53. The molecule has 6 heteroatoms. The quantitative estimate of drug-likeness (QED) is 0.779. The van der Waals surface area contributed by atoms with Gasteiger partial charge in [0.05, 0.1) is 0 Å². The molecule has 0 aliphatic heterocycles. The van der Waals surface area contributed by atoms with E-state index in [-0.39, 0.29) is 4.88 Å². The highest BCUT2D eigenvalue weighted by Gasteiger charge is 2.15. The Balaban J connectivity index is 2.18.